The molecule has 7 heteroatoms. The minimum absolute atomic E-state index is 0.00925. The molecule has 2 rings (SSSR count). The molecule has 0 bridgehead atoms. The van der Waals surface area contributed by atoms with Gasteiger partial charge in [0.1, 0.15) is 5.69 Å². The van der Waals surface area contributed by atoms with Gasteiger partial charge in [0, 0.05) is 52.3 Å². The van der Waals surface area contributed by atoms with Gasteiger partial charge in [0.2, 0.25) is 0 Å². The average molecular weight is 337 g/mol. The number of aryl methyl sites for hydroxylation is 2. The van der Waals surface area contributed by atoms with Crippen LogP contribution < -0.4 is 0 Å². The van der Waals surface area contributed by atoms with Gasteiger partial charge in [-0.05, 0) is 40.1 Å². The zero-order chi connectivity index (χ0) is 17.9. The lowest BCUT2D eigenvalue weighted by Gasteiger charge is -2.25. The van der Waals surface area contributed by atoms with Crippen molar-refractivity contribution in [2.24, 2.45) is 18.9 Å². The summed E-state index contributed by atoms with van der Waals surface area (Å²) in [6, 6.07) is 1.83. The zero-order valence-corrected chi connectivity index (χ0v) is 15.6. The monoisotopic (exact) mass is 337 g/mol. The third-order valence-electron chi connectivity index (χ3n) is 4.79. The van der Waals surface area contributed by atoms with E-state index in [1.165, 1.54) is 0 Å². The molecule has 2 atom stereocenters. The van der Waals surface area contributed by atoms with Gasteiger partial charge in [0.25, 0.3) is 5.91 Å². The summed E-state index contributed by atoms with van der Waals surface area (Å²) in [6.45, 7) is 6.21. The van der Waals surface area contributed by atoms with Crippen LogP contribution in [0.4, 0.5) is 0 Å². The van der Waals surface area contributed by atoms with Crippen LogP contribution in [0.1, 0.15) is 16.2 Å². The SMILES string of the molecule is Cc1cc(C(=O)N2C[C@@H](CN(C)CCN(C)C)[C@@H](CO)C2)n(C)n1. The molecule has 1 aliphatic heterocycles. The Labute approximate surface area is 144 Å². The largest absolute Gasteiger partial charge is 0.396 e. The highest BCUT2D eigenvalue weighted by atomic mass is 16.3. The van der Waals surface area contributed by atoms with Gasteiger partial charge in [-0.25, -0.2) is 0 Å². The van der Waals surface area contributed by atoms with E-state index in [9.17, 15) is 9.90 Å². The summed E-state index contributed by atoms with van der Waals surface area (Å²) >= 11 is 0. The fourth-order valence-corrected chi connectivity index (χ4v) is 3.35. The van der Waals surface area contributed by atoms with Gasteiger partial charge in [0.15, 0.2) is 0 Å². The summed E-state index contributed by atoms with van der Waals surface area (Å²) in [5, 5.41) is 14.0. The van der Waals surface area contributed by atoms with Gasteiger partial charge in [-0.15, -0.1) is 0 Å². The molecule has 7 nitrogen and oxygen atoms in total. The lowest BCUT2D eigenvalue weighted by atomic mass is 9.96. The first kappa shape index (κ1) is 18.9. The van der Waals surface area contributed by atoms with Crippen LogP contribution in [0.15, 0.2) is 6.07 Å². The number of aliphatic hydroxyl groups excluding tert-OH is 1. The predicted octanol–water partition coefficient (Wildman–Crippen LogP) is -0.0976. The molecule has 0 spiro atoms. The molecule has 1 saturated heterocycles. The first-order valence-corrected chi connectivity index (χ1v) is 8.55. The normalized spacial score (nSPS) is 21.2. The standard InChI is InChI=1S/C17H31N5O2/c1-13-8-16(21(5)18-13)17(24)22-10-14(15(11-22)12-23)9-20(4)7-6-19(2)3/h8,14-15,23H,6-7,9-12H2,1-5H3/t14-,15-/m1/s1. The summed E-state index contributed by atoms with van der Waals surface area (Å²) in [6.07, 6.45) is 0. The second-order valence-corrected chi connectivity index (χ2v) is 7.27. The van der Waals surface area contributed by atoms with E-state index in [4.69, 9.17) is 0 Å². The molecular weight excluding hydrogens is 306 g/mol. The van der Waals surface area contributed by atoms with Gasteiger partial charge in [-0.2, -0.15) is 5.10 Å². The molecule has 1 aliphatic rings. The van der Waals surface area contributed by atoms with Crippen molar-refractivity contribution < 1.29 is 9.90 Å². The van der Waals surface area contributed by atoms with Crippen molar-refractivity contribution in [3.8, 4) is 0 Å². The van der Waals surface area contributed by atoms with Crippen molar-refractivity contribution in [3.63, 3.8) is 0 Å². The van der Waals surface area contributed by atoms with Gasteiger partial charge in [0.05, 0.1) is 5.69 Å². The summed E-state index contributed by atoms with van der Waals surface area (Å²) in [5.74, 6) is 0.459. The first-order chi connectivity index (χ1) is 11.3. The maximum absolute atomic E-state index is 12.8. The Bertz CT molecular complexity index is 557. The number of nitrogens with zero attached hydrogens (tertiary/aromatic N) is 5. The molecule has 0 unspecified atom stereocenters. The van der Waals surface area contributed by atoms with Crippen LogP contribution in [0.2, 0.25) is 0 Å². The summed E-state index contributed by atoms with van der Waals surface area (Å²) in [5.41, 5.74) is 1.46. The molecule has 0 saturated carbocycles. The Balaban J connectivity index is 1.98. The van der Waals surface area contributed by atoms with E-state index in [0.717, 1.165) is 25.3 Å². The molecule has 0 aliphatic carbocycles. The Kier molecular flexibility index (Phi) is 6.37. The fourth-order valence-electron chi connectivity index (χ4n) is 3.35. The molecule has 0 radical (unpaired) electrons. The molecule has 136 valence electrons. The maximum Gasteiger partial charge on any atom is 0.272 e. The molecule has 1 aromatic rings. The van der Waals surface area contributed by atoms with E-state index in [-0.39, 0.29) is 18.4 Å². The van der Waals surface area contributed by atoms with E-state index in [0.29, 0.717) is 24.7 Å². The summed E-state index contributed by atoms with van der Waals surface area (Å²) in [4.78, 5) is 19.1. The molecule has 0 aromatic carbocycles. The highest BCUT2D eigenvalue weighted by Crippen LogP contribution is 2.25. The van der Waals surface area contributed by atoms with E-state index in [2.05, 4.69) is 36.0 Å². The number of aromatic nitrogens is 2. The minimum Gasteiger partial charge on any atom is -0.396 e. The van der Waals surface area contributed by atoms with Gasteiger partial charge < -0.3 is 19.8 Å². The van der Waals surface area contributed by atoms with E-state index in [1.807, 2.05) is 17.9 Å². The number of aliphatic hydroxyl groups is 1. The highest BCUT2D eigenvalue weighted by molar-refractivity contribution is 5.92. The second kappa shape index (κ2) is 8.09. The number of rotatable bonds is 7. The van der Waals surface area contributed by atoms with Crippen molar-refractivity contribution in [2.75, 3.05) is 60.5 Å². The third-order valence-corrected chi connectivity index (χ3v) is 4.79. The molecule has 1 fully saturated rings. The lowest BCUT2D eigenvalue weighted by Crippen LogP contribution is -2.35. The van der Waals surface area contributed by atoms with Gasteiger partial charge in [-0.1, -0.05) is 0 Å². The van der Waals surface area contributed by atoms with E-state index >= 15 is 0 Å². The number of hydrogen-bond acceptors (Lipinski definition) is 5. The molecular formula is C17H31N5O2. The fraction of sp³-hybridized carbons (Fsp3) is 0.765. The van der Waals surface area contributed by atoms with Gasteiger partial charge >= 0.3 is 0 Å². The van der Waals surface area contributed by atoms with Crippen molar-refractivity contribution in [3.05, 3.63) is 17.5 Å². The van der Waals surface area contributed by atoms with Crippen LogP contribution in [-0.2, 0) is 7.05 Å². The first-order valence-electron chi connectivity index (χ1n) is 8.55. The van der Waals surface area contributed by atoms with Crippen LogP contribution >= 0.6 is 0 Å². The number of hydrogen-bond donors (Lipinski definition) is 1. The van der Waals surface area contributed by atoms with Crippen molar-refractivity contribution in [2.45, 2.75) is 6.92 Å². The number of amides is 1. The molecule has 1 aromatic heterocycles. The number of carbonyl (C=O) groups excluding carboxylic acids is 1. The molecule has 24 heavy (non-hydrogen) atoms. The second-order valence-electron chi connectivity index (χ2n) is 7.27. The lowest BCUT2D eigenvalue weighted by molar-refractivity contribution is 0.0768. The average Bonchev–Trinajstić information content (AvgIpc) is 3.07. The number of likely N-dealkylation sites (tertiary alicyclic amines) is 1. The zero-order valence-electron chi connectivity index (χ0n) is 15.6. The Hall–Kier alpha value is -1.44. The highest BCUT2D eigenvalue weighted by Gasteiger charge is 2.36. The van der Waals surface area contributed by atoms with Crippen molar-refractivity contribution in [1.29, 1.82) is 0 Å². The van der Waals surface area contributed by atoms with Crippen LogP contribution in [0.25, 0.3) is 0 Å². The van der Waals surface area contributed by atoms with E-state index in [1.54, 1.807) is 11.7 Å². The maximum atomic E-state index is 12.8. The van der Waals surface area contributed by atoms with Crippen LogP contribution in [0.3, 0.4) is 0 Å². The third kappa shape index (κ3) is 4.55. The van der Waals surface area contributed by atoms with Crippen LogP contribution in [0.5, 0.6) is 0 Å². The number of likely N-dealkylation sites (N-methyl/N-ethyl adjacent to an activating group) is 2. The quantitative estimate of drug-likeness (QED) is 0.753. The topological polar surface area (TPSA) is 64.8 Å². The van der Waals surface area contributed by atoms with Crippen molar-refractivity contribution >= 4 is 5.91 Å². The smallest absolute Gasteiger partial charge is 0.272 e. The summed E-state index contributed by atoms with van der Waals surface area (Å²) < 4.78 is 1.64. The Morgan fingerprint density at radius 2 is 1.96 bits per heavy atom. The minimum atomic E-state index is 0.00925. The van der Waals surface area contributed by atoms with E-state index < -0.39 is 0 Å². The summed E-state index contributed by atoms with van der Waals surface area (Å²) in [7, 11) is 8.03. The van der Waals surface area contributed by atoms with Crippen LogP contribution in [0, 0.1) is 18.8 Å². The Morgan fingerprint density at radius 3 is 2.50 bits per heavy atom. The van der Waals surface area contributed by atoms with Crippen LogP contribution in [-0.4, -0.2) is 96.0 Å². The van der Waals surface area contributed by atoms with Gasteiger partial charge in [-0.3, -0.25) is 9.48 Å². The molecule has 2 heterocycles. The predicted molar refractivity (Wildman–Crippen MR) is 94.0 cm³/mol. The molecule has 1 amide bonds. The van der Waals surface area contributed by atoms with Crippen molar-refractivity contribution in [1.82, 2.24) is 24.5 Å². The Morgan fingerprint density at radius 1 is 1.29 bits per heavy atom. The molecule has 1 N–H and O–H groups in total. The number of carbonyl (C=O) groups is 1.